The molecule has 0 bridgehead atoms. The Balaban J connectivity index is 1.43. The van der Waals surface area contributed by atoms with Gasteiger partial charge in [-0.25, -0.2) is 0 Å². The van der Waals surface area contributed by atoms with Crippen molar-refractivity contribution in [2.45, 2.75) is 117 Å². The van der Waals surface area contributed by atoms with Gasteiger partial charge in [-0.3, -0.25) is 4.79 Å². The summed E-state index contributed by atoms with van der Waals surface area (Å²) >= 11 is 0. The van der Waals surface area contributed by atoms with Gasteiger partial charge in [0.2, 0.25) is 0 Å². The number of fused-ring (bicyclic) bond motifs is 1. The van der Waals surface area contributed by atoms with E-state index in [0.29, 0.717) is 41.6 Å². The van der Waals surface area contributed by atoms with Crippen molar-refractivity contribution in [3.63, 3.8) is 0 Å². The third-order valence-electron chi connectivity index (χ3n) is 11.3. The lowest BCUT2D eigenvalue weighted by molar-refractivity contribution is -0.131. The fourth-order valence-corrected chi connectivity index (χ4v) is 8.57. The molecule has 1 saturated heterocycles. The van der Waals surface area contributed by atoms with Crippen LogP contribution in [0.4, 0.5) is 0 Å². The molecule has 4 nitrogen and oxygen atoms in total. The van der Waals surface area contributed by atoms with Crippen molar-refractivity contribution in [3.8, 4) is 0 Å². The third kappa shape index (κ3) is 2.94. The second-order valence-corrected chi connectivity index (χ2v) is 13.0. The smallest absolute Gasteiger partial charge is 0.167 e. The van der Waals surface area contributed by atoms with Crippen LogP contribution in [-0.2, 0) is 9.53 Å². The first kappa shape index (κ1) is 23.1. The summed E-state index contributed by atoms with van der Waals surface area (Å²) in [6.07, 6.45) is 6.05. The molecule has 2 saturated carbocycles. The Kier molecular flexibility index (Phi) is 5.33. The Morgan fingerprint density at radius 2 is 1.81 bits per heavy atom. The van der Waals surface area contributed by atoms with Gasteiger partial charge in [0.1, 0.15) is 17.8 Å². The van der Waals surface area contributed by atoms with Crippen molar-refractivity contribution in [2.24, 2.45) is 40.4 Å². The highest BCUT2D eigenvalue weighted by molar-refractivity contribution is 6.03. The topological polar surface area (TPSA) is 70.1 Å². The largest absolute Gasteiger partial charge is 0.393 e. The van der Waals surface area contributed by atoms with Crippen LogP contribution in [0.1, 0.15) is 92.9 Å². The molecule has 32 heavy (non-hydrogen) atoms. The van der Waals surface area contributed by atoms with E-state index >= 15 is 0 Å². The molecule has 10 atom stereocenters. The standard InChI is InChI=1S/C28H44O4/c1-15(2)16(3)13-18-7-8-20(17(18)4)26(5)11-10-21-22(24(26)31)23(30)25-28(32-25)14-19(29)9-12-27(21,28)6/h15-20,23,25,29-30H,7-14H2,1-6H3/t16-,17+,18+,19-,20+,23+,25-,26+,27+,28-/m0/s1. The van der Waals surface area contributed by atoms with Gasteiger partial charge in [0.15, 0.2) is 5.78 Å². The molecule has 0 aromatic rings. The maximum Gasteiger partial charge on any atom is 0.167 e. The average Bonchev–Trinajstić information content (AvgIpc) is 3.35. The van der Waals surface area contributed by atoms with Crippen molar-refractivity contribution < 1.29 is 19.7 Å². The molecule has 4 heteroatoms. The van der Waals surface area contributed by atoms with Crippen molar-refractivity contribution in [1.29, 1.82) is 0 Å². The minimum absolute atomic E-state index is 0.206. The lowest BCUT2D eigenvalue weighted by atomic mass is 9.50. The molecule has 2 N–H and O–H groups in total. The zero-order valence-electron chi connectivity index (χ0n) is 21.0. The molecule has 0 amide bonds. The first-order valence-corrected chi connectivity index (χ1v) is 13.3. The molecular weight excluding hydrogens is 400 g/mol. The van der Waals surface area contributed by atoms with Crippen LogP contribution in [0.3, 0.4) is 0 Å². The molecule has 5 rings (SSSR count). The highest BCUT2D eigenvalue weighted by Crippen LogP contribution is 2.69. The predicted octanol–water partition coefficient (Wildman–Crippen LogP) is 5.06. The molecule has 180 valence electrons. The number of carbonyl (C=O) groups excluding carboxylic acids is 1. The monoisotopic (exact) mass is 444 g/mol. The number of ether oxygens (including phenoxy) is 1. The number of carbonyl (C=O) groups is 1. The maximum absolute atomic E-state index is 14.2. The number of rotatable bonds is 4. The van der Waals surface area contributed by atoms with Gasteiger partial charge in [-0.15, -0.1) is 0 Å². The summed E-state index contributed by atoms with van der Waals surface area (Å²) < 4.78 is 6.19. The van der Waals surface area contributed by atoms with Crippen LogP contribution < -0.4 is 0 Å². The molecule has 1 aliphatic heterocycles. The van der Waals surface area contributed by atoms with E-state index in [0.717, 1.165) is 37.7 Å². The quantitative estimate of drug-likeness (QED) is 0.595. The van der Waals surface area contributed by atoms with E-state index < -0.39 is 11.7 Å². The van der Waals surface area contributed by atoms with E-state index in [4.69, 9.17) is 4.74 Å². The van der Waals surface area contributed by atoms with Crippen LogP contribution in [0.15, 0.2) is 11.1 Å². The minimum atomic E-state index is -0.830. The van der Waals surface area contributed by atoms with Crippen LogP contribution in [-0.4, -0.2) is 39.9 Å². The predicted molar refractivity (Wildman–Crippen MR) is 125 cm³/mol. The Morgan fingerprint density at radius 1 is 1.09 bits per heavy atom. The van der Waals surface area contributed by atoms with Crippen LogP contribution in [0, 0.1) is 40.4 Å². The number of hydrogen-bond donors (Lipinski definition) is 2. The number of hydrogen-bond acceptors (Lipinski definition) is 4. The number of Topliss-reactive ketones (excluding diaryl/α,β-unsaturated/α-hetero) is 1. The van der Waals surface area contributed by atoms with E-state index in [2.05, 4.69) is 41.5 Å². The fraction of sp³-hybridized carbons (Fsp3) is 0.893. The van der Waals surface area contributed by atoms with Crippen molar-refractivity contribution in [2.75, 3.05) is 0 Å². The van der Waals surface area contributed by atoms with Gasteiger partial charge < -0.3 is 14.9 Å². The molecule has 3 fully saturated rings. The van der Waals surface area contributed by atoms with Crippen molar-refractivity contribution in [1.82, 2.24) is 0 Å². The Hall–Kier alpha value is -0.710. The first-order chi connectivity index (χ1) is 15.0. The van der Waals surface area contributed by atoms with E-state index in [1.54, 1.807) is 0 Å². The maximum atomic E-state index is 14.2. The molecule has 1 spiro atoms. The first-order valence-electron chi connectivity index (χ1n) is 13.3. The Labute approximate surface area is 194 Å². The summed E-state index contributed by atoms with van der Waals surface area (Å²) in [6.45, 7) is 13.8. The van der Waals surface area contributed by atoms with Gasteiger partial charge in [-0.05, 0) is 74.5 Å². The normalized spacial score (nSPS) is 51.3. The number of ketones is 1. The summed E-state index contributed by atoms with van der Waals surface area (Å²) in [5, 5.41) is 21.6. The van der Waals surface area contributed by atoms with Gasteiger partial charge in [0.05, 0.1) is 6.10 Å². The van der Waals surface area contributed by atoms with E-state index in [-0.39, 0.29) is 28.8 Å². The fourth-order valence-electron chi connectivity index (χ4n) is 8.57. The third-order valence-corrected chi connectivity index (χ3v) is 11.3. The SMILES string of the molecule is CC(C)[C@@H](C)C[C@H]1CC[C@@H]([C@@]2(C)CCC3=C(C2=O)[C@@H](O)[C@@H]2O[C@@]24C[C@@H](O)CC[C@]34C)[C@@H]1C. The number of aliphatic hydroxyl groups excluding tert-OH is 2. The molecular formula is C28H44O4. The summed E-state index contributed by atoms with van der Waals surface area (Å²) in [5.74, 6) is 3.26. The highest BCUT2D eigenvalue weighted by atomic mass is 16.6. The molecule has 4 aliphatic carbocycles. The average molecular weight is 445 g/mol. The highest BCUT2D eigenvalue weighted by Gasteiger charge is 2.76. The molecule has 1 heterocycles. The summed E-state index contributed by atoms with van der Waals surface area (Å²) in [7, 11) is 0. The Morgan fingerprint density at radius 3 is 2.50 bits per heavy atom. The van der Waals surface area contributed by atoms with Gasteiger partial charge in [0.25, 0.3) is 0 Å². The van der Waals surface area contributed by atoms with Gasteiger partial charge >= 0.3 is 0 Å². The summed E-state index contributed by atoms with van der Waals surface area (Å²) in [5.41, 5.74) is 0.786. The summed E-state index contributed by atoms with van der Waals surface area (Å²) in [4.78, 5) is 14.2. The second-order valence-electron chi connectivity index (χ2n) is 13.0. The molecule has 0 aromatic heterocycles. The number of epoxide rings is 1. The number of aliphatic hydroxyl groups is 2. The van der Waals surface area contributed by atoms with Gasteiger partial charge in [-0.1, -0.05) is 47.1 Å². The minimum Gasteiger partial charge on any atom is -0.393 e. The lowest BCUT2D eigenvalue weighted by Crippen LogP contribution is -2.56. The molecule has 5 aliphatic rings. The van der Waals surface area contributed by atoms with Crippen LogP contribution in [0.2, 0.25) is 0 Å². The van der Waals surface area contributed by atoms with E-state index in [9.17, 15) is 15.0 Å². The summed E-state index contributed by atoms with van der Waals surface area (Å²) in [6, 6.07) is 0. The molecule has 0 radical (unpaired) electrons. The van der Waals surface area contributed by atoms with Crippen molar-refractivity contribution >= 4 is 5.78 Å². The van der Waals surface area contributed by atoms with Crippen molar-refractivity contribution in [3.05, 3.63) is 11.1 Å². The van der Waals surface area contributed by atoms with Crippen LogP contribution in [0.5, 0.6) is 0 Å². The molecule has 0 aromatic carbocycles. The van der Waals surface area contributed by atoms with Crippen LogP contribution >= 0.6 is 0 Å². The zero-order valence-corrected chi connectivity index (χ0v) is 21.0. The lowest BCUT2D eigenvalue weighted by Gasteiger charge is -2.52. The van der Waals surface area contributed by atoms with E-state index in [1.165, 1.54) is 12.8 Å². The van der Waals surface area contributed by atoms with Crippen LogP contribution in [0.25, 0.3) is 0 Å². The molecule has 0 unspecified atom stereocenters. The Bertz CT molecular complexity index is 831. The van der Waals surface area contributed by atoms with E-state index in [1.807, 2.05) is 0 Å². The second kappa shape index (κ2) is 7.39. The zero-order chi connectivity index (χ0) is 23.2. The van der Waals surface area contributed by atoms with Gasteiger partial charge in [-0.2, -0.15) is 0 Å². The van der Waals surface area contributed by atoms with Gasteiger partial charge in [0, 0.05) is 22.8 Å².